The molecule has 2 heterocycles. The molecule has 0 atom stereocenters. The van der Waals surface area contributed by atoms with Crippen molar-refractivity contribution < 1.29 is 19.2 Å². The first-order chi connectivity index (χ1) is 13.6. The third kappa shape index (κ3) is 3.38. The van der Waals surface area contributed by atoms with Crippen LogP contribution >= 0.6 is 0 Å². The van der Waals surface area contributed by atoms with E-state index in [9.17, 15) is 9.90 Å². The number of fused-ring (bicyclic) bond motifs is 1. The van der Waals surface area contributed by atoms with Crippen LogP contribution in [0.4, 0.5) is 0 Å². The predicted molar refractivity (Wildman–Crippen MR) is 109 cm³/mol. The number of aryl methyl sites for hydroxylation is 1. The second-order valence-corrected chi connectivity index (χ2v) is 7.55. The summed E-state index contributed by atoms with van der Waals surface area (Å²) in [5.74, 6) is 0.939. The number of piperidine rings is 1. The van der Waals surface area contributed by atoms with E-state index in [0.717, 1.165) is 40.9 Å². The molecular formula is C23H26NO4+. The summed E-state index contributed by atoms with van der Waals surface area (Å²) in [6, 6.07) is 10.9. The Balaban J connectivity index is 1.83. The van der Waals surface area contributed by atoms with Crippen molar-refractivity contribution in [3.8, 4) is 22.6 Å². The van der Waals surface area contributed by atoms with E-state index in [2.05, 4.69) is 0 Å². The Morgan fingerprint density at radius 1 is 1.07 bits per heavy atom. The van der Waals surface area contributed by atoms with Gasteiger partial charge in [0.05, 0.1) is 31.3 Å². The fraction of sp³-hybridized carbons (Fsp3) is 0.348. The second kappa shape index (κ2) is 7.68. The monoisotopic (exact) mass is 380 g/mol. The molecule has 5 nitrogen and oxygen atoms in total. The number of nitrogens with one attached hydrogen (secondary N) is 1. The van der Waals surface area contributed by atoms with E-state index in [1.165, 1.54) is 24.2 Å². The zero-order chi connectivity index (χ0) is 19.7. The van der Waals surface area contributed by atoms with Crippen molar-refractivity contribution in [2.45, 2.75) is 32.7 Å². The summed E-state index contributed by atoms with van der Waals surface area (Å²) in [6.45, 7) is 4.78. The number of rotatable bonds is 4. The summed E-state index contributed by atoms with van der Waals surface area (Å²) < 4.78 is 11.0. The third-order valence-corrected chi connectivity index (χ3v) is 5.78. The molecule has 1 aliphatic heterocycles. The van der Waals surface area contributed by atoms with Gasteiger partial charge in [0.15, 0.2) is 5.58 Å². The fourth-order valence-corrected chi connectivity index (χ4v) is 4.20. The van der Waals surface area contributed by atoms with Gasteiger partial charge in [-0.3, -0.25) is 0 Å². The number of hydrogen-bond donors (Lipinski definition) is 2. The lowest BCUT2D eigenvalue weighted by Gasteiger charge is -2.24. The number of quaternary nitrogens is 1. The highest BCUT2D eigenvalue weighted by atomic mass is 16.5. The number of phenols is 1. The van der Waals surface area contributed by atoms with E-state index < -0.39 is 0 Å². The minimum atomic E-state index is -0.379. The number of benzene rings is 2. The van der Waals surface area contributed by atoms with Gasteiger partial charge < -0.3 is 19.2 Å². The van der Waals surface area contributed by atoms with Crippen molar-refractivity contribution in [3.63, 3.8) is 0 Å². The maximum atomic E-state index is 12.9. The molecule has 4 rings (SSSR count). The second-order valence-electron chi connectivity index (χ2n) is 7.55. The zero-order valence-electron chi connectivity index (χ0n) is 16.4. The van der Waals surface area contributed by atoms with Gasteiger partial charge in [0, 0.05) is 5.39 Å². The Hall–Kier alpha value is -2.79. The zero-order valence-corrected chi connectivity index (χ0v) is 16.4. The van der Waals surface area contributed by atoms with Crippen LogP contribution in [0, 0.1) is 6.92 Å². The molecule has 5 heteroatoms. The fourth-order valence-electron chi connectivity index (χ4n) is 4.20. The molecule has 146 valence electrons. The van der Waals surface area contributed by atoms with Crippen LogP contribution in [-0.2, 0) is 6.54 Å². The highest BCUT2D eigenvalue weighted by molar-refractivity contribution is 5.89. The number of methoxy groups -OCH3 is 1. The molecule has 1 saturated heterocycles. The van der Waals surface area contributed by atoms with Gasteiger partial charge in [-0.15, -0.1) is 0 Å². The van der Waals surface area contributed by atoms with Gasteiger partial charge in [0.25, 0.3) is 0 Å². The summed E-state index contributed by atoms with van der Waals surface area (Å²) in [7, 11) is 1.61. The van der Waals surface area contributed by atoms with E-state index in [1.54, 1.807) is 13.2 Å². The highest BCUT2D eigenvalue weighted by Gasteiger charge is 2.22. The molecule has 1 aromatic heterocycles. The number of hydrogen-bond acceptors (Lipinski definition) is 4. The topological polar surface area (TPSA) is 64.1 Å². The molecule has 3 aromatic rings. The largest absolute Gasteiger partial charge is 0.507 e. The highest BCUT2D eigenvalue weighted by Crippen LogP contribution is 2.32. The third-order valence-electron chi connectivity index (χ3n) is 5.78. The van der Waals surface area contributed by atoms with Gasteiger partial charge in [0.1, 0.15) is 18.0 Å². The summed E-state index contributed by atoms with van der Waals surface area (Å²) in [5.41, 5.74) is 3.08. The molecule has 0 saturated carbocycles. The molecule has 2 aromatic carbocycles. The van der Waals surface area contributed by atoms with Crippen molar-refractivity contribution in [2.24, 2.45) is 0 Å². The maximum absolute atomic E-state index is 12.9. The molecule has 0 unspecified atom stereocenters. The SMILES string of the molecule is COc1ccc(-c2c(C)c3ccc(O)c(C[NH+]4CCCCC4)c3oc2=O)cc1. The van der Waals surface area contributed by atoms with Crippen LogP contribution in [0.15, 0.2) is 45.6 Å². The van der Waals surface area contributed by atoms with Crippen molar-refractivity contribution in [1.29, 1.82) is 0 Å². The summed E-state index contributed by atoms with van der Waals surface area (Å²) in [5, 5.41) is 11.3. The molecule has 0 aliphatic carbocycles. The van der Waals surface area contributed by atoms with Gasteiger partial charge in [-0.2, -0.15) is 0 Å². The van der Waals surface area contributed by atoms with E-state index in [4.69, 9.17) is 9.15 Å². The maximum Gasteiger partial charge on any atom is 0.344 e. The van der Waals surface area contributed by atoms with Crippen LogP contribution in [0.25, 0.3) is 22.1 Å². The molecule has 0 radical (unpaired) electrons. The number of phenolic OH excluding ortho intramolecular Hbond substituents is 1. The minimum Gasteiger partial charge on any atom is -0.507 e. The molecule has 1 fully saturated rings. The average molecular weight is 380 g/mol. The molecular weight excluding hydrogens is 354 g/mol. The van der Waals surface area contributed by atoms with Crippen molar-refractivity contribution in [3.05, 3.63) is 57.9 Å². The van der Waals surface area contributed by atoms with E-state index >= 15 is 0 Å². The van der Waals surface area contributed by atoms with Crippen LogP contribution in [-0.4, -0.2) is 25.3 Å². The molecule has 0 bridgehead atoms. The lowest BCUT2D eigenvalue weighted by atomic mass is 9.97. The van der Waals surface area contributed by atoms with E-state index in [1.807, 2.05) is 37.3 Å². The first-order valence-electron chi connectivity index (χ1n) is 9.84. The van der Waals surface area contributed by atoms with Gasteiger partial charge in [-0.05, 0) is 61.6 Å². The van der Waals surface area contributed by atoms with Crippen molar-refractivity contribution in [1.82, 2.24) is 0 Å². The number of aromatic hydroxyl groups is 1. The Kier molecular flexibility index (Phi) is 5.09. The van der Waals surface area contributed by atoms with Gasteiger partial charge in [-0.25, -0.2) is 4.79 Å². The Morgan fingerprint density at radius 2 is 1.79 bits per heavy atom. The molecule has 28 heavy (non-hydrogen) atoms. The molecule has 2 N–H and O–H groups in total. The first-order valence-corrected chi connectivity index (χ1v) is 9.84. The molecule has 0 spiro atoms. The predicted octanol–water partition coefficient (Wildman–Crippen LogP) is 3.05. The minimum absolute atomic E-state index is 0.199. The summed E-state index contributed by atoms with van der Waals surface area (Å²) >= 11 is 0. The number of likely N-dealkylation sites (tertiary alicyclic amines) is 1. The van der Waals surface area contributed by atoms with Crippen molar-refractivity contribution >= 4 is 11.0 Å². The quantitative estimate of drug-likeness (QED) is 0.683. The van der Waals surface area contributed by atoms with E-state index in [-0.39, 0.29) is 11.4 Å². The van der Waals surface area contributed by atoms with Crippen LogP contribution in [0.2, 0.25) is 0 Å². The van der Waals surface area contributed by atoms with Gasteiger partial charge >= 0.3 is 5.63 Å². The smallest absolute Gasteiger partial charge is 0.344 e. The van der Waals surface area contributed by atoms with Gasteiger partial charge in [-0.1, -0.05) is 12.1 Å². The first kappa shape index (κ1) is 18.6. The molecule has 0 amide bonds. The average Bonchev–Trinajstić information content (AvgIpc) is 2.71. The Bertz CT molecular complexity index is 1050. The van der Waals surface area contributed by atoms with Crippen LogP contribution < -0.4 is 15.3 Å². The lowest BCUT2D eigenvalue weighted by Crippen LogP contribution is -3.11. The summed E-state index contributed by atoms with van der Waals surface area (Å²) in [4.78, 5) is 14.3. The lowest BCUT2D eigenvalue weighted by molar-refractivity contribution is -0.918. The number of ether oxygens (including phenoxy) is 1. The molecule has 1 aliphatic rings. The van der Waals surface area contributed by atoms with Crippen LogP contribution in [0.3, 0.4) is 0 Å². The normalized spacial score (nSPS) is 15.1. The Labute approximate surface area is 164 Å². The van der Waals surface area contributed by atoms with Gasteiger partial charge in [0.2, 0.25) is 0 Å². The standard InChI is InChI=1S/C23H25NO4/c1-15-18-10-11-20(25)19(14-24-12-4-3-5-13-24)22(18)28-23(26)21(15)16-6-8-17(27-2)9-7-16/h6-11,25H,3-5,12-14H2,1-2H3/p+1. The Morgan fingerprint density at radius 3 is 2.46 bits per heavy atom. The van der Waals surface area contributed by atoms with Crippen LogP contribution in [0.5, 0.6) is 11.5 Å². The van der Waals surface area contributed by atoms with Crippen molar-refractivity contribution in [2.75, 3.05) is 20.2 Å². The summed E-state index contributed by atoms with van der Waals surface area (Å²) in [6.07, 6.45) is 3.67. The van der Waals surface area contributed by atoms with Crippen LogP contribution in [0.1, 0.15) is 30.4 Å². The van der Waals surface area contributed by atoms with E-state index in [0.29, 0.717) is 17.7 Å².